The SMILES string of the molecule is CC(C)(C)C(N)CCCCS(C)(=O)=O. The van der Waals surface area contributed by atoms with Crippen molar-refractivity contribution in [2.75, 3.05) is 12.0 Å². The Morgan fingerprint density at radius 2 is 1.71 bits per heavy atom. The first-order valence-corrected chi connectivity index (χ1v) is 7.12. The quantitative estimate of drug-likeness (QED) is 0.717. The fourth-order valence-corrected chi connectivity index (χ4v) is 1.89. The molecular formula is C10H23NO2S. The monoisotopic (exact) mass is 221 g/mol. The Kier molecular flexibility index (Phi) is 5.09. The van der Waals surface area contributed by atoms with Gasteiger partial charge in [0.2, 0.25) is 0 Å². The lowest BCUT2D eigenvalue weighted by Gasteiger charge is -2.26. The average molecular weight is 221 g/mol. The highest BCUT2D eigenvalue weighted by atomic mass is 32.2. The van der Waals surface area contributed by atoms with Gasteiger partial charge in [-0.3, -0.25) is 0 Å². The lowest BCUT2D eigenvalue weighted by atomic mass is 9.84. The zero-order valence-corrected chi connectivity index (χ0v) is 10.5. The third kappa shape index (κ3) is 7.33. The van der Waals surface area contributed by atoms with Crippen LogP contribution in [-0.2, 0) is 9.84 Å². The molecule has 0 amide bonds. The van der Waals surface area contributed by atoms with Crippen molar-refractivity contribution >= 4 is 9.84 Å². The predicted molar refractivity (Wildman–Crippen MR) is 61.0 cm³/mol. The second-order valence-electron chi connectivity index (χ2n) is 5.10. The van der Waals surface area contributed by atoms with Gasteiger partial charge in [0.25, 0.3) is 0 Å². The Bertz CT molecular complexity index is 252. The summed E-state index contributed by atoms with van der Waals surface area (Å²) in [5, 5.41) is 0. The summed E-state index contributed by atoms with van der Waals surface area (Å²) >= 11 is 0. The Hall–Kier alpha value is -0.0900. The maximum atomic E-state index is 10.8. The van der Waals surface area contributed by atoms with E-state index in [2.05, 4.69) is 20.8 Å². The summed E-state index contributed by atoms with van der Waals surface area (Å²) < 4.78 is 21.7. The van der Waals surface area contributed by atoms with Crippen molar-refractivity contribution in [1.82, 2.24) is 0 Å². The maximum Gasteiger partial charge on any atom is 0.147 e. The number of hydrogen-bond donors (Lipinski definition) is 1. The molecule has 0 aliphatic heterocycles. The minimum Gasteiger partial charge on any atom is -0.327 e. The van der Waals surface area contributed by atoms with Crippen molar-refractivity contribution in [3.05, 3.63) is 0 Å². The summed E-state index contributed by atoms with van der Waals surface area (Å²) in [6.07, 6.45) is 3.80. The molecule has 1 atom stereocenters. The number of unbranched alkanes of at least 4 members (excludes halogenated alkanes) is 1. The molecule has 0 heterocycles. The Morgan fingerprint density at radius 1 is 1.21 bits per heavy atom. The topological polar surface area (TPSA) is 60.2 Å². The van der Waals surface area contributed by atoms with E-state index in [1.54, 1.807) is 0 Å². The number of sulfone groups is 1. The van der Waals surface area contributed by atoms with Crippen molar-refractivity contribution < 1.29 is 8.42 Å². The molecular weight excluding hydrogens is 198 g/mol. The van der Waals surface area contributed by atoms with E-state index < -0.39 is 9.84 Å². The zero-order chi connectivity index (χ0) is 11.4. The van der Waals surface area contributed by atoms with Gasteiger partial charge in [0, 0.05) is 18.1 Å². The van der Waals surface area contributed by atoms with E-state index in [1.165, 1.54) is 6.26 Å². The molecule has 0 saturated heterocycles. The van der Waals surface area contributed by atoms with Crippen LogP contribution in [0.4, 0.5) is 0 Å². The van der Waals surface area contributed by atoms with Gasteiger partial charge < -0.3 is 5.73 Å². The normalized spacial score (nSPS) is 15.5. The number of hydrogen-bond acceptors (Lipinski definition) is 3. The molecule has 1 unspecified atom stereocenters. The third-order valence-corrected chi connectivity index (χ3v) is 3.42. The Balaban J connectivity index is 3.66. The van der Waals surface area contributed by atoms with Gasteiger partial charge in [-0.1, -0.05) is 27.2 Å². The molecule has 0 bridgehead atoms. The van der Waals surface area contributed by atoms with E-state index in [-0.39, 0.29) is 17.2 Å². The second kappa shape index (κ2) is 5.12. The molecule has 14 heavy (non-hydrogen) atoms. The summed E-state index contributed by atoms with van der Waals surface area (Å²) in [5.74, 6) is 0.282. The van der Waals surface area contributed by atoms with Crippen LogP contribution in [0.5, 0.6) is 0 Å². The summed E-state index contributed by atoms with van der Waals surface area (Å²) in [5.41, 5.74) is 6.07. The molecule has 0 radical (unpaired) electrons. The van der Waals surface area contributed by atoms with Gasteiger partial charge in [-0.2, -0.15) is 0 Å². The number of rotatable bonds is 5. The molecule has 3 nitrogen and oxygen atoms in total. The molecule has 0 saturated carbocycles. The van der Waals surface area contributed by atoms with Crippen molar-refractivity contribution in [3.63, 3.8) is 0 Å². The molecule has 0 spiro atoms. The van der Waals surface area contributed by atoms with Crippen molar-refractivity contribution in [2.24, 2.45) is 11.1 Å². The van der Waals surface area contributed by atoms with Crippen LogP contribution in [0, 0.1) is 5.41 Å². The van der Waals surface area contributed by atoms with Crippen molar-refractivity contribution in [2.45, 2.75) is 46.1 Å². The van der Waals surface area contributed by atoms with E-state index in [4.69, 9.17) is 5.73 Å². The maximum absolute atomic E-state index is 10.8. The standard InChI is InChI=1S/C10H23NO2S/c1-10(2,3)9(11)7-5-6-8-14(4,12)13/h9H,5-8,11H2,1-4H3. The van der Waals surface area contributed by atoms with E-state index in [0.717, 1.165) is 19.3 Å². The lowest BCUT2D eigenvalue weighted by molar-refractivity contribution is 0.300. The van der Waals surface area contributed by atoms with Crippen LogP contribution in [0.25, 0.3) is 0 Å². The largest absolute Gasteiger partial charge is 0.327 e. The molecule has 0 aliphatic carbocycles. The van der Waals surface area contributed by atoms with Gasteiger partial charge in [-0.15, -0.1) is 0 Å². The van der Waals surface area contributed by atoms with Gasteiger partial charge in [0.1, 0.15) is 9.84 Å². The second-order valence-corrected chi connectivity index (χ2v) is 7.36. The average Bonchev–Trinajstić information content (AvgIpc) is 1.93. The van der Waals surface area contributed by atoms with Crippen molar-refractivity contribution in [1.29, 1.82) is 0 Å². The van der Waals surface area contributed by atoms with Crippen LogP contribution in [-0.4, -0.2) is 26.5 Å². The fourth-order valence-electron chi connectivity index (χ4n) is 1.16. The molecule has 0 aromatic heterocycles. The molecule has 0 aromatic carbocycles. The van der Waals surface area contributed by atoms with Crippen LogP contribution in [0.15, 0.2) is 0 Å². The summed E-state index contributed by atoms with van der Waals surface area (Å²) in [6.45, 7) is 6.32. The van der Waals surface area contributed by atoms with Gasteiger partial charge in [0.15, 0.2) is 0 Å². The molecule has 0 rings (SSSR count). The molecule has 0 aromatic rings. The van der Waals surface area contributed by atoms with Gasteiger partial charge >= 0.3 is 0 Å². The summed E-state index contributed by atoms with van der Waals surface area (Å²) in [7, 11) is -2.80. The first kappa shape index (κ1) is 13.9. The number of nitrogens with two attached hydrogens (primary N) is 1. The Morgan fingerprint density at radius 3 is 2.07 bits per heavy atom. The van der Waals surface area contributed by atoms with Gasteiger partial charge in [-0.05, 0) is 18.3 Å². The van der Waals surface area contributed by atoms with Crippen LogP contribution in [0.3, 0.4) is 0 Å². The van der Waals surface area contributed by atoms with E-state index in [9.17, 15) is 8.42 Å². The summed E-state index contributed by atoms with van der Waals surface area (Å²) in [4.78, 5) is 0. The van der Waals surface area contributed by atoms with Crippen LogP contribution < -0.4 is 5.73 Å². The highest BCUT2D eigenvalue weighted by Gasteiger charge is 2.19. The van der Waals surface area contributed by atoms with Crippen LogP contribution in [0.1, 0.15) is 40.0 Å². The van der Waals surface area contributed by atoms with E-state index >= 15 is 0 Å². The van der Waals surface area contributed by atoms with E-state index in [1.807, 2.05) is 0 Å². The highest BCUT2D eigenvalue weighted by molar-refractivity contribution is 7.90. The molecule has 4 heteroatoms. The van der Waals surface area contributed by atoms with E-state index in [0.29, 0.717) is 0 Å². The third-order valence-electron chi connectivity index (χ3n) is 2.39. The minimum atomic E-state index is -2.80. The first-order chi connectivity index (χ1) is 6.13. The molecule has 2 N–H and O–H groups in total. The zero-order valence-electron chi connectivity index (χ0n) is 9.71. The highest BCUT2D eigenvalue weighted by Crippen LogP contribution is 2.21. The summed E-state index contributed by atoms with van der Waals surface area (Å²) in [6, 6.07) is 0.155. The van der Waals surface area contributed by atoms with Crippen molar-refractivity contribution in [3.8, 4) is 0 Å². The van der Waals surface area contributed by atoms with Gasteiger partial charge in [-0.25, -0.2) is 8.42 Å². The fraction of sp³-hybridized carbons (Fsp3) is 1.00. The van der Waals surface area contributed by atoms with Crippen LogP contribution >= 0.6 is 0 Å². The van der Waals surface area contributed by atoms with Crippen LogP contribution in [0.2, 0.25) is 0 Å². The van der Waals surface area contributed by atoms with Gasteiger partial charge in [0.05, 0.1) is 0 Å². The molecule has 0 aliphatic rings. The first-order valence-electron chi connectivity index (χ1n) is 5.06. The minimum absolute atomic E-state index is 0.116. The molecule has 86 valence electrons. The smallest absolute Gasteiger partial charge is 0.147 e. The predicted octanol–water partition coefficient (Wildman–Crippen LogP) is 1.57. The lowest BCUT2D eigenvalue weighted by Crippen LogP contribution is -2.34. The molecule has 0 fully saturated rings. The Labute approximate surface area is 88.0 Å².